The van der Waals surface area contributed by atoms with Gasteiger partial charge < -0.3 is 14.8 Å². The topological polar surface area (TPSA) is 110 Å². The molecule has 0 bridgehead atoms. The highest BCUT2D eigenvalue weighted by Gasteiger charge is 2.14. The van der Waals surface area contributed by atoms with Gasteiger partial charge in [-0.3, -0.25) is 4.79 Å². The summed E-state index contributed by atoms with van der Waals surface area (Å²) in [6.07, 6.45) is 2.81. The summed E-state index contributed by atoms with van der Waals surface area (Å²) >= 11 is 0. The maximum atomic E-state index is 11.9. The number of fused-ring (bicyclic) bond motifs is 1. The molecule has 0 aromatic carbocycles. The van der Waals surface area contributed by atoms with Crippen LogP contribution in [0.25, 0.3) is 11.2 Å². The third-order valence-corrected chi connectivity index (χ3v) is 2.32. The normalized spacial score (nSPS) is 10.7. The molecule has 0 aliphatic rings. The van der Waals surface area contributed by atoms with Gasteiger partial charge in [0.05, 0.1) is 6.33 Å². The Kier molecular flexibility index (Phi) is 2.26. The van der Waals surface area contributed by atoms with Crippen LogP contribution in [0.2, 0.25) is 0 Å². The van der Waals surface area contributed by atoms with Crippen molar-refractivity contribution in [2.24, 2.45) is 0 Å². The van der Waals surface area contributed by atoms with Crippen LogP contribution >= 0.6 is 0 Å². The van der Waals surface area contributed by atoms with E-state index in [9.17, 15) is 4.79 Å². The number of carbonyl (C=O) groups is 1. The fourth-order valence-corrected chi connectivity index (χ4v) is 1.50. The third-order valence-electron chi connectivity index (χ3n) is 2.32. The second-order valence-electron chi connectivity index (χ2n) is 3.60. The van der Waals surface area contributed by atoms with Gasteiger partial charge in [0.1, 0.15) is 17.6 Å². The number of aromatic amines is 1. The molecule has 0 atom stereocenters. The molecule has 0 spiro atoms. The number of aromatic nitrogens is 5. The number of rotatable bonds is 2. The Bertz CT molecular complexity index is 716. The van der Waals surface area contributed by atoms with Crippen LogP contribution in [0, 0.1) is 6.92 Å². The number of nitrogens with one attached hydrogen (secondary N) is 2. The molecule has 1 amide bonds. The first-order chi connectivity index (χ1) is 8.74. The van der Waals surface area contributed by atoms with Crippen LogP contribution in [0.15, 0.2) is 23.2 Å². The minimum absolute atomic E-state index is 0.193. The molecule has 90 valence electrons. The van der Waals surface area contributed by atoms with Crippen molar-refractivity contribution in [1.82, 2.24) is 25.1 Å². The third kappa shape index (κ3) is 1.69. The predicted molar refractivity (Wildman–Crippen MR) is 60.9 cm³/mol. The maximum Gasteiger partial charge on any atom is 0.279 e. The molecule has 18 heavy (non-hydrogen) atoms. The summed E-state index contributed by atoms with van der Waals surface area (Å²) < 4.78 is 4.83. The fourth-order valence-electron chi connectivity index (χ4n) is 1.50. The molecule has 3 aromatic heterocycles. The number of nitrogens with zero attached hydrogens (tertiary/aromatic N) is 4. The standard InChI is InChI=1S/C10H8N6O2/c1-5-2-6(16-18-5)10(17)15-9-7-8(12-3-11-7)13-4-14-9/h2-4H,1H3,(H2,11,12,13,14,15,17). The van der Waals surface area contributed by atoms with Gasteiger partial charge in [-0.05, 0) is 6.92 Å². The molecule has 3 heterocycles. The van der Waals surface area contributed by atoms with Crippen LogP contribution < -0.4 is 5.32 Å². The predicted octanol–water partition coefficient (Wildman–Crippen LogP) is 0.902. The average molecular weight is 244 g/mol. The molecule has 0 unspecified atom stereocenters. The van der Waals surface area contributed by atoms with E-state index in [1.165, 1.54) is 12.7 Å². The van der Waals surface area contributed by atoms with E-state index in [-0.39, 0.29) is 5.69 Å². The lowest BCUT2D eigenvalue weighted by molar-refractivity contribution is 0.101. The Morgan fingerprint density at radius 1 is 1.39 bits per heavy atom. The van der Waals surface area contributed by atoms with Crippen LogP contribution in [-0.2, 0) is 0 Å². The van der Waals surface area contributed by atoms with Crippen molar-refractivity contribution in [2.45, 2.75) is 6.92 Å². The van der Waals surface area contributed by atoms with Crippen LogP contribution in [0.4, 0.5) is 5.82 Å². The Morgan fingerprint density at radius 2 is 2.28 bits per heavy atom. The molecular weight excluding hydrogens is 236 g/mol. The van der Waals surface area contributed by atoms with E-state index in [0.29, 0.717) is 22.7 Å². The Balaban J connectivity index is 1.92. The van der Waals surface area contributed by atoms with Crippen LogP contribution in [0.3, 0.4) is 0 Å². The van der Waals surface area contributed by atoms with E-state index in [1.54, 1.807) is 13.0 Å². The number of anilines is 1. The average Bonchev–Trinajstić information content (AvgIpc) is 2.97. The Labute approximate surface area is 100 Å². The smallest absolute Gasteiger partial charge is 0.279 e. The van der Waals surface area contributed by atoms with Gasteiger partial charge in [-0.2, -0.15) is 0 Å². The van der Waals surface area contributed by atoms with E-state index in [0.717, 1.165) is 0 Å². The number of imidazole rings is 1. The summed E-state index contributed by atoms with van der Waals surface area (Å²) in [5, 5.41) is 6.24. The maximum absolute atomic E-state index is 11.9. The first kappa shape index (κ1) is 10.4. The van der Waals surface area contributed by atoms with E-state index in [2.05, 4.69) is 30.4 Å². The monoisotopic (exact) mass is 244 g/mol. The highest BCUT2D eigenvalue weighted by molar-refractivity contribution is 6.05. The molecule has 0 saturated heterocycles. The zero-order valence-corrected chi connectivity index (χ0v) is 9.34. The van der Waals surface area contributed by atoms with Crippen LogP contribution in [0.1, 0.15) is 16.2 Å². The number of amides is 1. The van der Waals surface area contributed by atoms with Gasteiger partial charge in [-0.1, -0.05) is 5.16 Å². The molecule has 8 heteroatoms. The van der Waals surface area contributed by atoms with Crippen molar-refractivity contribution in [2.75, 3.05) is 5.32 Å². The van der Waals surface area contributed by atoms with Crippen molar-refractivity contribution in [3.05, 3.63) is 30.2 Å². The second kappa shape index (κ2) is 3.91. The van der Waals surface area contributed by atoms with Gasteiger partial charge in [0, 0.05) is 6.07 Å². The lowest BCUT2D eigenvalue weighted by atomic mass is 10.3. The zero-order chi connectivity index (χ0) is 12.5. The molecule has 0 aliphatic heterocycles. The zero-order valence-electron chi connectivity index (χ0n) is 9.34. The lowest BCUT2D eigenvalue weighted by Crippen LogP contribution is -2.13. The van der Waals surface area contributed by atoms with Crippen molar-refractivity contribution >= 4 is 22.9 Å². The van der Waals surface area contributed by atoms with E-state index < -0.39 is 5.91 Å². The molecule has 3 aromatic rings. The van der Waals surface area contributed by atoms with E-state index in [4.69, 9.17) is 4.52 Å². The van der Waals surface area contributed by atoms with Crippen LogP contribution in [0.5, 0.6) is 0 Å². The molecule has 3 rings (SSSR count). The van der Waals surface area contributed by atoms with Gasteiger partial charge >= 0.3 is 0 Å². The summed E-state index contributed by atoms with van der Waals surface area (Å²) in [5.41, 5.74) is 1.24. The number of carbonyl (C=O) groups excluding carboxylic acids is 1. The number of H-pyrrole nitrogens is 1. The van der Waals surface area contributed by atoms with Crippen molar-refractivity contribution < 1.29 is 9.32 Å². The van der Waals surface area contributed by atoms with Gasteiger partial charge in [-0.25, -0.2) is 15.0 Å². The quantitative estimate of drug-likeness (QED) is 0.693. The first-order valence-corrected chi connectivity index (χ1v) is 5.13. The molecule has 0 aliphatic carbocycles. The first-order valence-electron chi connectivity index (χ1n) is 5.13. The summed E-state index contributed by atoms with van der Waals surface area (Å²) in [6, 6.07) is 1.54. The molecular formula is C10H8N6O2. The minimum Gasteiger partial charge on any atom is -0.361 e. The summed E-state index contributed by atoms with van der Waals surface area (Å²) in [4.78, 5) is 26.6. The molecule has 0 saturated carbocycles. The number of hydrogen-bond acceptors (Lipinski definition) is 6. The van der Waals surface area contributed by atoms with E-state index >= 15 is 0 Å². The molecule has 8 nitrogen and oxygen atoms in total. The molecule has 2 N–H and O–H groups in total. The molecule has 0 fully saturated rings. The highest BCUT2D eigenvalue weighted by atomic mass is 16.5. The largest absolute Gasteiger partial charge is 0.361 e. The molecule has 0 radical (unpaired) electrons. The fraction of sp³-hybridized carbons (Fsp3) is 0.100. The van der Waals surface area contributed by atoms with Gasteiger partial charge in [0.15, 0.2) is 17.2 Å². The number of aryl methyl sites for hydroxylation is 1. The van der Waals surface area contributed by atoms with Crippen LogP contribution in [-0.4, -0.2) is 31.0 Å². The Morgan fingerprint density at radius 3 is 3.06 bits per heavy atom. The van der Waals surface area contributed by atoms with Crippen molar-refractivity contribution in [3.63, 3.8) is 0 Å². The van der Waals surface area contributed by atoms with Gasteiger partial charge in [0.2, 0.25) is 0 Å². The summed E-state index contributed by atoms with van der Waals surface area (Å²) in [7, 11) is 0. The highest BCUT2D eigenvalue weighted by Crippen LogP contribution is 2.15. The Hall–Kier alpha value is -2.77. The van der Waals surface area contributed by atoms with Gasteiger partial charge in [0.25, 0.3) is 5.91 Å². The van der Waals surface area contributed by atoms with Crippen molar-refractivity contribution in [3.8, 4) is 0 Å². The SMILES string of the molecule is Cc1cc(C(=O)Nc2ncnc3nc[nH]c23)no1. The van der Waals surface area contributed by atoms with Crippen molar-refractivity contribution in [1.29, 1.82) is 0 Å². The van der Waals surface area contributed by atoms with Gasteiger partial charge in [-0.15, -0.1) is 0 Å². The van der Waals surface area contributed by atoms with E-state index in [1.807, 2.05) is 0 Å². The summed E-state index contributed by atoms with van der Waals surface area (Å²) in [6.45, 7) is 1.71. The lowest BCUT2D eigenvalue weighted by Gasteiger charge is -2.01. The minimum atomic E-state index is -0.401. The number of hydrogen-bond donors (Lipinski definition) is 2. The summed E-state index contributed by atoms with van der Waals surface area (Å²) in [5.74, 6) is 0.513. The second-order valence-corrected chi connectivity index (χ2v) is 3.60.